The number of benzene rings is 9. The summed E-state index contributed by atoms with van der Waals surface area (Å²) in [6, 6.07) is 57.9. The summed E-state index contributed by atoms with van der Waals surface area (Å²) in [4.78, 5) is 3.89. The second kappa shape index (κ2) is 11.6. The average Bonchev–Trinajstić information content (AvgIpc) is 3.58. The molecule has 240 valence electrons. The summed E-state index contributed by atoms with van der Waals surface area (Å²) in [5, 5.41) is 12.7. The molecule has 0 saturated carbocycles. The summed E-state index contributed by atoms with van der Waals surface area (Å²) in [5.41, 5.74) is 12.4. The van der Waals surface area contributed by atoms with E-state index in [9.17, 15) is 0 Å². The van der Waals surface area contributed by atoms with Gasteiger partial charge in [-0.25, -0.2) is 0 Å². The molecule has 0 radical (unpaired) electrons. The molecule has 0 fully saturated rings. The number of H-pyrrole nitrogens is 1. The highest BCUT2D eigenvalue weighted by Crippen LogP contribution is 2.45. The third-order valence-corrected chi connectivity index (χ3v) is 10.9. The molecule has 0 saturated heterocycles. The van der Waals surface area contributed by atoms with Crippen LogP contribution < -0.4 is 0 Å². The summed E-state index contributed by atoms with van der Waals surface area (Å²) in [5.74, 6) is 0. The van der Waals surface area contributed by atoms with E-state index in [2.05, 4.69) is 189 Å². The topological polar surface area (TPSA) is 15.8 Å². The fourth-order valence-corrected chi connectivity index (χ4v) is 8.67. The van der Waals surface area contributed by atoms with Gasteiger partial charge in [0.05, 0.1) is 5.52 Å². The number of aromatic nitrogens is 1. The fourth-order valence-electron chi connectivity index (χ4n) is 8.67. The van der Waals surface area contributed by atoms with Crippen LogP contribution in [0.2, 0.25) is 0 Å². The van der Waals surface area contributed by atoms with Crippen LogP contribution in [0, 0.1) is 6.92 Å². The normalized spacial score (nSPS) is 12.0. The van der Waals surface area contributed by atoms with Crippen molar-refractivity contribution in [1.29, 1.82) is 0 Å². The Morgan fingerprint density at radius 2 is 1.04 bits per heavy atom. The van der Waals surface area contributed by atoms with Gasteiger partial charge in [0.2, 0.25) is 0 Å². The van der Waals surface area contributed by atoms with Crippen LogP contribution >= 0.6 is 0 Å². The standard InChI is InChI=1S/C50H35N/c1-3-14-36-31(2)47(34-18-12-17-33(29-34)38-26-13-16-32-15-4-5-19-37(32)38)42-23-9-10-24-43(42)48(36)35-27-28-45-46(30-35)51-50-44-25-11-7-21-40(44)39-20-6-8-22-41(39)49(45)50/h3-30,51H,1-2H3/b14-3-. The van der Waals surface area contributed by atoms with E-state index in [1.165, 1.54) is 104 Å². The van der Waals surface area contributed by atoms with E-state index in [1.54, 1.807) is 0 Å². The smallest absolute Gasteiger partial charge is 0.0551 e. The van der Waals surface area contributed by atoms with Gasteiger partial charge in [-0.3, -0.25) is 0 Å². The number of fused-ring (bicyclic) bond motifs is 10. The molecular formula is C50H35N. The maximum atomic E-state index is 3.89. The van der Waals surface area contributed by atoms with Crippen LogP contribution in [-0.2, 0) is 0 Å². The van der Waals surface area contributed by atoms with E-state index in [4.69, 9.17) is 0 Å². The predicted molar refractivity (Wildman–Crippen MR) is 222 cm³/mol. The molecule has 0 spiro atoms. The Hall–Kier alpha value is -6.44. The van der Waals surface area contributed by atoms with Gasteiger partial charge < -0.3 is 4.98 Å². The van der Waals surface area contributed by atoms with Crippen molar-refractivity contribution in [3.05, 3.63) is 175 Å². The quantitative estimate of drug-likeness (QED) is 0.183. The number of nitrogens with one attached hydrogen (secondary N) is 1. The summed E-state index contributed by atoms with van der Waals surface area (Å²) < 4.78 is 0. The van der Waals surface area contributed by atoms with E-state index < -0.39 is 0 Å². The van der Waals surface area contributed by atoms with Gasteiger partial charge in [-0.1, -0.05) is 158 Å². The number of rotatable bonds is 4. The lowest BCUT2D eigenvalue weighted by molar-refractivity contribution is 1.45. The van der Waals surface area contributed by atoms with Gasteiger partial charge in [-0.05, 0) is 108 Å². The van der Waals surface area contributed by atoms with Crippen molar-refractivity contribution in [3.8, 4) is 33.4 Å². The Morgan fingerprint density at radius 3 is 1.82 bits per heavy atom. The Bertz CT molecular complexity index is 3040. The first-order chi connectivity index (χ1) is 25.2. The second-order valence-corrected chi connectivity index (χ2v) is 13.7. The Balaban J connectivity index is 1.22. The van der Waals surface area contributed by atoms with Crippen molar-refractivity contribution in [3.63, 3.8) is 0 Å². The molecule has 10 aromatic rings. The molecular weight excluding hydrogens is 615 g/mol. The minimum absolute atomic E-state index is 1.16. The van der Waals surface area contributed by atoms with Gasteiger partial charge in [0, 0.05) is 21.7 Å². The van der Waals surface area contributed by atoms with Crippen LogP contribution in [0.3, 0.4) is 0 Å². The number of hydrogen-bond donors (Lipinski definition) is 1. The van der Waals surface area contributed by atoms with Gasteiger partial charge in [-0.2, -0.15) is 0 Å². The van der Waals surface area contributed by atoms with Gasteiger partial charge >= 0.3 is 0 Å². The lowest BCUT2D eigenvalue weighted by Crippen LogP contribution is -1.96. The summed E-state index contributed by atoms with van der Waals surface area (Å²) >= 11 is 0. The van der Waals surface area contributed by atoms with Crippen LogP contribution in [0.5, 0.6) is 0 Å². The lowest BCUT2D eigenvalue weighted by atomic mass is 9.83. The Kier molecular flexibility index (Phi) is 6.69. The molecule has 1 heteroatoms. The van der Waals surface area contributed by atoms with E-state index >= 15 is 0 Å². The van der Waals surface area contributed by atoms with Crippen molar-refractivity contribution < 1.29 is 0 Å². The lowest BCUT2D eigenvalue weighted by Gasteiger charge is -2.20. The Morgan fingerprint density at radius 1 is 0.451 bits per heavy atom. The SMILES string of the molecule is C/C=C\c1c(C)c(-c2cccc(-c3cccc4ccccc34)c2)c2ccccc2c1-c1ccc2c(c1)[nH]c1c3ccccc3c3ccccc3c21. The summed E-state index contributed by atoms with van der Waals surface area (Å²) in [6.45, 7) is 4.42. The minimum atomic E-state index is 1.16. The van der Waals surface area contributed by atoms with Crippen molar-refractivity contribution in [2.24, 2.45) is 0 Å². The molecule has 10 rings (SSSR count). The highest BCUT2D eigenvalue weighted by molar-refractivity contribution is 6.31. The number of hydrogen-bond acceptors (Lipinski definition) is 0. The van der Waals surface area contributed by atoms with E-state index in [0.29, 0.717) is 0 Å². The van der Waals surface area contributed by atoms with E-state index in [-0.39, 0.29) is 0 Å². The Labute approximate surface area is 297 Å². The zero-order valence-corrected chi connectivity index (χ0v) is 28.7. The molecule has 1 heterocycles. The van der Waals surface area contributed by atoms with E-state index in [0.717, 1.165) is 5.52 Å². The predicted octanol–water partition coefficient (Wildman–Crippen LogP) is 14.3. The molecule has 0 aliphatic rings. The van der Waals surface area contributed by atoms with Gasteiger partial charge in [0.15, 0.2) is 0 Å². The summed E-state index contributed by atoms with van der Waals surface area (Å²) in [6.07, 6.45) is 4.47. The van der Waals surface area contributed by atoms with Crippen LogP contribution in [0.15, 0.2) is 164 Å². The van der Waals surface area contributed by atoms with Crippen molar-refractivity contribution in [2.45, 2.75) is 13.8 Å². The van der Waals surface area contributed by atoms with E-state index in [1.807, 2.05) is 0 Å². The molecule has 0 aliphatic heterocycles. The molecule has 51 heavy (non-hydrogen) atoms. The first-order valence-electron chi connectivity index (χ1n) is 17.8. The zero-order valence-electron chi connectivity index (χ0n) is 28.7. The number of aromatic amines is 1. The van der Waals surface area contributed by atoms with Crippen LogP contribution in [0.25, 0.3) is 104 Å². The van der Waals surface area contributed by atoms with Crippen LogP contribution in [-0.4, -0.2) is 4.98 Å². The molecule has 0 atom stereocenters. The van der Waals surface area contributed by atoms with Crippen LogP contribution in [0.4, 0.5) is 0 Å². The maximum absolute atomic E-state index is 3.89. The first kappa shape index (κ1) is 29.5. The molecule has 1 aromatic heterocycles. The fraction of sp³-hybridized carbons (Fsp3) is 0.0400. The molecule has 0 aliphatic carbocycles. The van der Waals surface area contributed by atoms with Crippen molar-refractivity contribution >= 4 is 71.0 Å². The molecule has 0 unspecified atom stereocenters. The zero-order chi connectivity index (χ0) is 34.1. The molecule has 0 bridgehead atoms. The maximum Gasteiger partial charge on any atom is 0.0551 e. The molecule has 9 aromatic carbocycles. The minimum Gasteiger partial charge on any atom is -0.354 e. The monoisotopic (exact) mass is 649 g/mol. The van der Waals surface area contributed by atoms with Crippen molar-refractivity contribution in [1.82, 2.24) is 4.98 Å². The second-order valence-electron chi connectivity index (χ2n) is 13.7. The van der Waals surface area contributed by atoms with Gasteiger partial charge in [0.1, 0.15) is 0 Å². The van der Waals surface area contributed by atoms with Gasteiger partial charge in [0.25, 0.3) is 0 Å². The molecule has 1 N–H and O–H groups in total. The van der Waals surface area contributed by atoms with Crippen LogP contribution in [0.1, 0.15) is 18.1 Å². The third-order valence-electron chi connectivity index (χ3n) is 10.9. The largest absolute Gasteiger partial charge is 0.354 e. The summed E-state index contributed by atoms with van der Waals surface area (Å²) in [7, 11) is 0. The highest BCUT2D eigenvalue weighted by Gasteiger charge is 2.20. The third kappa shape index (κ3) is 4.48. The average molecular weight is 650 g/mol. The first-order valence-corrected chi connectivity index (χ1v) is 17.8. The molecule has 1 nitrogen and oxygen atoms in total. The van der Waals surface area contributed by atoms with Gasteiger partial charge in [-0.15, -0.1) is 0 Å². The number of allylic oxidation sites excluding steroid dienone is 1. The molecule has 0 amide bonds. The highest BCUT2D eigenvalue weighted by atomic mass is 14.7. The van der Waals surface area contributed by atoms with Crippen molar-refractivity contribution in [2.75, 3.05) is 0 Å².